The summed E-state index contributed by atoms with van der Waals surface area (Å²) in [5.74, 6) is 6.18. The third kappa shape index (κ3) is 6.51. The van der Waals surface area contributed by atoms with Gasteiger partial charge < -0.3 is 5.32 Å². The number of hydrogen-bond donors (Lipinski definition) is 1. The molecule has 0 fully saturated rings. The maximum Gasteiger partial charge on any atom is 0.0243 e. The number of thiophene rings is 1. The second kappa shape index (κ2) is 9.27. The molecule has 0 aliphatic heterocycles. The lowest BCUT2D eigenvalue weighted by Gasteiger charge is -2.15. The molecule has 0 saturated heterocycles. The molecule has 2 heteroatoms. The van der Waals surface area contributed by atoms with Gasteiger partial charge in [0.05, 0.1) is 0 Å². The Morgan fingerprint density at radius 3 is 3.00 bits per heavy atom. The second-order valence-corrected chi connectivity index (χ2v) is 5.29. The van der Waals surface area contributed by atoms with E-state index in [4.69, 9.17) is 0 Å². The van der Waals surface area contributed by atoms with E-state index in [2.05, 4.69) is 41.6 Å². The van der Waals surface area contributed by atoms with Crippen LogP contribution >= 0.6 is 11.3 Å². The van der Waals surface area contributed by atoms with Gasteiger partial charge in [0.25, 0.3) is 0 Å². The fourth-order valence-corrected chi connectivity index (χ4v) is 2.58. The van der Waals surface area contributed by atoms with E-state index in [-0.39, 0.29) is 0 Å². The van der Waals surface area contributed by atoms with Crippen molar-refractivity contribution in [3.8, 4) is 11.8 Å². The maximum absolute atomic E-state index is 3.59. The quantitative estimate of drug-likeness (QED) is 0.690. The van der Waals surface area contributed by atoms with Crippen molar-refractivity contribution in [1.29, 1.82) is 0 Å². The summed E-state index contributed by atoms with van der Waals surface area (Å²) in [6, 6.07) is 4.93. The van der Waals surface area contributed by atoms with Crippen molar-refractivity contribution >= 4 is 11.3 Å². The lowest BCUT2D eigenvalue weighted by Crippen LogP contribution is -2.29. The smallest absolute Gasteiger partial charge is 0.0243 e. The summed E-state index contributed by atoms with van der Waals surface area (Å²) >= 11 is 1.86. The molecule has 0 radical (unpaired) electrons. The molecule has 17 heavy (non-hydrogen) atoms. The van der Waals surface area contributed by atoms with Crippen LogP contribution in [0.1, 0.15) is 44.4 Å². The summed E-state index contributed by atoms with van der Waals surface area (Å²) in [6.07, 6.45) is 5.88. The zero-order valence-electron chi connectivity index (χ0n) is 11.0. The second-order valence-electron chi connectivity index (χ2n) is 4.25. The summed E-state index contributed by atoms with van der Waals surface area (Å²) in [6.45, 7) is 5.23. The molecule has 0 aromatic carbocycles. The number of aryl methyl sites for hydroxylation is 1. The molecule has 1 nitrogen and oxygen atoms in total. The van der Waals surface area contributed by atoms with Crippen LogP contribution in [0.25, 0.3) is 0 Å². The third-order valence-electron chi connectivity index (χ3n) is 2.76. The van der Waals surface area contributed by atoms with Crippen molar-refractivity contribution in [2.24, 2.45) is 0 Å². The Bertz CT molecular complexity index is 332. The Labute approximate surface area is 110 Å². The monoisotopic (exact) mass is 249 g/mol. The van der Waals surface area contributed by atoms with Gasteiger partial charge in [0.2, 0.25) is 0 Å². The average Bonchev–Trinajstić information content (AvgIpc) is 2.85. The molecule has 0 spiro atoms. The molecular weight excluding hydrogens is 226 g/mol. The molecule has 0 saturated carbocycles. The van der Waals surface area contributed by atoms with Crippen LogP contribution in [0.5, 0.6) is 0 Å². The van der Waals surface area contributed by atoms with Crippen LogP contribution < -0.4 is 5.32 Å². The van der Waals surface area contributed by atoms with Gasteiger partial charge in [0, 0.05) is 17.3 Å². The molecule has 1 heterocycles. The summed E-state index contributed by atoms with van der Waals surface area (Å²) in [5, 5.41) is 5.74. The molecule has 1 rings (SSSR count). The normalized spacial score (nSPS) is 11.9. The van der Waals surface area contributed by atoms with Crippen LogP contribution in [0.4, 0.5) is 0 Å². The van der Waals surface area contributed by atoms with E-state index < -0.39 is 0 Å². The Morgan fingerprint density at radius 2 is 2.35 bits per heavy atom. The predicted octanol–water partition coefficient (Wildman–Crippen LogP) is 3.85. The zero-order valence-corrected chi connectivity index (χ0v) is 11.8. The van der Waals surface area contributed by atoms with Crippen LogP contribution in [0.15, 0.2) is 17.5 Å². The minimum atomic E-state index is 0.572. The minimum Gasteiger partial charge on any atom is -0.313 e. The van der Waals surface area contributed by atoms with Gasteiger partial charge >= 0.3 is 0 Å². The van der Waals surface area contributed by atoms with Crippen molar-refractivity contribution in [1.82, 2.24) is 5.32 Å². The average molecular weight is 249 g/mol. The van der Waals surface area contributed by atoms with Gasteiger partial charge in [-0.3, -0.25) is 0 Å². The van der Waals surface area contributed by atoms with Crippen molar-refractivity contribution < 1.29 is 0 Å². The van der Waals surface area contributed by atoms with Crippen LogP contribution in [0, 0.1) is 11.8 Å². The molecule has 1 atom stereocenters. The first-order valence-corrected chi connectivity index (χ1v) is 7.40. The molecule has 0 aliphatic carbocycles. The molecular formula is C15H23NS. The fourth-order valence-electron chi connectivity index (χ4n) is 1.83. The van der Waals surface area contributed by atoms with Gasteiger partial charge in [-0.1, -0.05) is 13.0 Å². The van der Waals surface area contributed by atoms with Gasteiger partial charge in [-0.25, -0.2) is 0 Å². The highest BCUT2D eigenvalue weighted by atomic mass is 32.1. The molecule has 0 amide bonds. The Hall–Kier alpha value is -0.780. The highest BCUT2D eigenvalue weighted by Crippen LogP contribution is 2.13. The van der Waals surface area contributed by atoms with E-state index in [1.54, 1.807) is 0 Å². The van der Waals surface area contributed by atoms with E-state index in [9.17, 15) is 0 Å². The fraction of sp³-hybridized carbons (Fsp3) is 0.600. The maximum atomic E-state index is 3.59. The van der Waals surface area contributed by atoms with Gasteiger partial charge in [-0.05, 0) is 50.6 Å². The summed E-state index contributed by atoms with van der Waals surface area (Å²) in [7, 11) is 0. The van der Waals surface area contributed by atoms with Crippen LogP contribution in [0.2, 0.25) is 0 Å². The van der Waals surface area contributed by atoms with E-state index in [0.29, 0.717) is 6.04 Å². The van der Waals surface area contributed by atoms with Gasteiger partial charge in [0.15, 0.2) is 0 Å². The summed E-state index contributed by atoms with van der Waals surface area (Å²) in [4.78, 5) is 1.50. The first kappa shape index (κ1) is 14.3. The van der Waals surface area contributed by atoms with E-state index in [1.807, 2.05) is 18.3 Å². The first-order chi connectivity index (χ1) is 8.36. The van der Waals surface area contributed by atoms with Crippen molar-refractivity contribution in [3.05, 3.63) is 22.4 Å². The molecule has 1 aromatic rings. The number of nitrogens with one attached hydrogen (secondary N) is 1. The SMILES string of the molecule is CC#CCC(CCCc1cccs1)NCCC. The molecule has 1 aromatic heterocycles. The molecule has 1 unspecified atom stereocenters. The third-order valence-corrected chi connectivity index (χ3v) is 3.70. The van der Waals surface area contributed by atoms with Crippen molar-refractivity contribution in [2.45, 2.75) is 52.0 Å². The van der Waals surface area contributed by atoms with Crippen molar-refractivity contribution in [2.75, 3.05) is 6.54 Å². The van der Waals surface area contributed by atoms with Crippen LogP contribution in [0.3, 0.4) is 0 Å². The topological polar surface area (TPSA) is 12.0 Å². The molecule has 94 valence electrons. The van der Waals surface area contributed by atoms with Gasteiger partial charge in [-0.15, -0.1) is 23.2 Å². The van der Waals surface area contributed by atoms with Gasteiger partial charge in [0.1, 0.15) is 0 Å². The van der Waals surface area contributed by atoms with E-state index >= 15 is 0 Å². The molecule has 0 aliphatic rings. The zero-order chi connectivity index (χ0) is 12.3. The minimum absolute atomic E-state index is 0.572. The highest BCUT2D eigenvalue weighted by molar-refractivity contribution is 7.09. The largest absolute Gasteiger partial charge is 0.313 e. The van der Waals surface area contributed by atoms with E-state index in [1.165, 1.54) is 30.6 Å². The van der Waals surface area contributed by atoms with E-state index in [0.717, 1.165) is 13.0 Å². The highest BCUT2D eigenvalue weighted by Gasteiger charge is 2.06. The Morgan fingerprint density at radius 1 is 1.47 bits per heavy atom. The van der Waals surface area contributed by atoms with Crippen molar-refractivity contribution in [3.63, 3.8) is 0 Å². The van der Waals surface area contributed by atoms with Crippen LogP contribution in [-0.2, 0) is 6.42 Å². The molecule has 0 bridgehead atoms. The number of hydrogen-bond acceptors (Lipinski definition) is 2. The van der Waals surface area contributed by atoms with Gasteiger partial charge in [-0.2, -0.15) is 0 Å². The Balaban J connectivity index is 2.23. The lowest BCUT2D eigenvalue weighted by molar-refractivity contribution is 0.475. The predicted molar refractivity (Wildman–Crippen MR) is 77.4 cm³/mol. The lowest BCUT2D eigenvalue weighted by atomic mass is 10.1. The Kier molecular flexibility index (Phi) is 7.79. The molecule has 1 N–H and O–H groups in total. The summed E-state index contributed by atoms with van der Waals surface area (Å²) in [5.41, 5.74) is 0. The first-order valence-electron chi connectivity index (χ1n) is 6.52. The number of rotatable bonds is 8. The summed E-state index contributed by atoms with van der Waals surface area (Å²) < 4.78 is 0. The van der Waals surface area contributed by atoms with Crippen LogP contribution in [-0.4, -0.2) is 12.6 Å². The standard InChI is InChI=1S/C15H23NS/c1-3-5-8-14(16-12-4-2)9-6-10-15-11-7-13-17-15/h7,11,13-14,16H,4,6,8-10,12H2,1-2H3.